The highest BCUT2D eigenvalue weighted by atomic mass is 16.5. The first-order valence-corrected chi connectivity index (χ1v) is 12.4. The minimum absolute atomic E-state index is 0.149. The molecule has 1 aliphatic rings. The Morgan fingerprint density at radius 1 is 1.32 bits per heavy atom. The third kappa shape index (κ3) is 7.14. The second-order valence-corrected chi connectivity index (χ2v) is 9.66. The van der Waals surface area contributed by atoms with Gasteiger partial charge in [0.05, 0.1) is 26.3 Å². The second kappa shape index (κ2) is 12.5. The van der Waals surface area contributed by atoms with Gasteiger partial charge < -0.3 is 29.7 Å². The summed E-state index contributed by atoms with van der Waals surface area (Å²) in [4.78, 5) is 34.0. The molecule has 0 saturated heterocycles. The number of ether oxygens (including phenoxy) is 2. The maximum Gasteiger partial charge on any atom is 0.321 e. The monoisotopic (exact) mass is 508 g/mol. The fourth-order valence-corrected chi connectivity index (χ4v) is 3.86. The number of likely N-dealkylation sites (N-methyl/N-ethyl adjacent to an activating group) is 1. The number of aliphatic hydroxyl groups is 1. The summed E-state index contributed by atoms with van der Waals surface area (Å²) in [6, 6.07) is 8.05. The summed E-state index contributed by atoms with van der Waals surface area (Å²) >= 11 is 0. The van der Waals surface area contributed by atoms with Crippen LogP contribution in [0.15, 0.2) is 36.5 Å². The van der Waals surface area contributed by atoms with Gasteiger partial charge in [-0.2, -0.15) is 0 Å². The highest BCUT2D eigenvalue weighted by Gasteiger charge is 2.34. The maximum absolute atomic E-state index is 13.5. The van der Waals surface area contributed by atoms with Gasteiger partial charge in [-0.05, 0) is 37.3 Å². The van der Waals surface area contributed by atoms with Crippen molar-refractivity contribution in [3.63, 3.8) is 0 Å². The minimum Gasteiger partial charge on any atom is -0.497 e. The van der Waals surface area contributed by atoms with E-state index in [9.17, 15) is 14.7 Å². The van der Waals surface area contributed by atoms with Gasteiger partial charge >= 0.3 is 6.03 Å². The third-order valence-corrected chi connectivity index (χ3v) is 6.17. The molecule has 1 aromatic heterocycles. The van der Waals surface area contributed by atoms with Crippen molar-refractivity contribution in [3.05, 3.63) is 47.7 Å². The Bertz CT molecular complexity index is 1160. The van der Waals surface area contributed by atoms with Gasteiger partial charge in [0.15, 0.2) is 0 Å². The molecule has 0 aliphatic carbocycles. The van der Waals surface area contributed by atoms with Crippen molar-refractivity contribution < 1.29 is 24.2 Å². The van der Waals surface area contributed by atoms with Crippen molar-refractivity contribution in [2.45, 2.75) is 39.8 Å². The van der Waals surface area contributed by atoms with Crippen molar-refractivity contribution in [1.29, 1.82) is 0 Å². The van der Waals surface area contributed by atoms with Gasteiger partial charge in [0.1, 0.15) is 17.4 Å². The zero-order valence-electron chi connectivity index (χ0n) is 22.3. The molecule has 9 heteroatoms. The molecule has 0 radical (unpaired) electrons. The predicted molar refractivity (Wildman–Crippen MR) is 142 cm³/mol. The van der Waals surface area contributed by atoms with Crippen molar-refractivity contribution >= 4 is 17.6 Å². The molecule has 2 heterocycles. The van der Waals surface area contributed by atoms with E-state index in [-0.39, 0.29) is 48.4 Å². The summed E-state index contributed by atoms with van der Waals surface area (Å²) in [5.41, 5.74) is 1.54. The first kappa shape index (κ1) is 27.8. The van der Waals surface area contributed by atoms with E-state index in [0.29, 0.717) is 23.5 Å². The number of hydrogen-bond donors (Lipinski definition) is 2. The number of hydrogen-bond acceptors (Lipinski definition) is 6. The van der Waals surface area contributed by atoms with Gasteiger partial charge in [-0.3, -0.25) is 4.79 Å². The largest absolute Gasteiger partial charge is 0.497 e. The van der Waals surface area contributed by atoms with E-state index in [2.05, 4.69) is 22.1 Å². The van der Waals surface area contributed by atoms with E-state index in [1.54, 1.807) is 62.5 Å². The smallest absolute Gasteiger partial charge is 0.321 e. The Hall–Kier alpha value is -3.77. The average Bonchev–Trinajstić information content (AvgIpc) is 2.89. The number of nitrogens with zero attached hydrogens (tertiary/aromatic N) is 3. The lowest BCUT2D eigenvalue weighted by Gasteiger charge is -2.37. The summed E-state index contributed by atoms with van der Waals surface area (Å²) in [6.45, 7) is 8.16. The average molecular weight is 509 g/mol. The molecular weight excluding hydrogens is 472 g/mol. The molecule has 0 bridgehead atoms. The summed E-state index contributed by atoms with van der Waals surface area (Å²) in [5.74, 6) is 6.77. The number of pyridine rings is 1. The molecule has 0 spiro atoms. The molecule has 0 saturated carbocycles. The fraction of sp³-hybridized carbons (Fsp3) is 0.464. The Kier molecular flexibility index (Phi) is 9.36. The Morgan fingerprint density at radius 2 is 2.03 bits per heavy atom. The quantitative estimate of drug-likeness (QED) is 0.579. The van der Waals surface area contributed by atoms with E-state index < -0.39 is 12.1 Å². The molecule has 9 nitrogen and oxygen atoms in total. The molecule has 1 aliphatic heterocycles. The molecule has 3 rings (SSSR count). The van der Waals surface area contributed by atoms with Crippen LogP contribution in [0.25, 0.3) is 0 Å². The lowest BCUT2D eigenvalue weighted by atomic mass is 10.00. The number of amides is 3. The molecule has 37 heavy (non-hydrogen) atoms. The van der Waals surface area contributed by atoms with E-state index in [0.717, 1.165) is 0 Å². The molecule has 1 aromatic carbocycles. The Morgan fingerprint density at radius 3 is 2.65 bits per heavy atom. The number of carbonyl (C=O) groups excluding carboxylic acids is 2. The van der Waals surface area contributed by atoms with Crippen molar-refractivity contribution in [1.82, 2.24) is 14.8 Å². The van der Waals surface area contributed by atoms with Crippen molar-refractivity contribution in [3.8, 4) is 23.5 Å². The van der Waals surface area contributed by atoms with Crippen LogP contribution < -0.4 is 14.8 Å². The fourth-order valence-electron chi connectivity index (χ4n) is 3.86. The van der Waals surface area contributed by atoms with Crippen molar-refractivity contribution in [2.24, 2.45) is 11.8 Å². The number of urea groups is 1. The SMILES string of the molecule is COc1ccc(NC(=O)N(C)C[C@@H]2Oc3ncc(C#CC(C)C)cc3C(=O)N([C@H](C)CO)C[C@@H]2C)cc1. The van der Waals surface area contributed by atoms with E-state index >= 15 is 0 Å². The molecular formula is C28H36N4O5. The number of aliphatic hydroxyl groups excluding tert-OH is 1. The van der Waals surface area contributed by atoms with Gasteiger partial charge in [-0.1, -0.05) is 32.6 Å². The first-order valence-electron chi connectivity index (χ1n) is 12.4. The predicted octanol–water partition coefficient (Wildman–Crippen LogP) is 3.48. The summed E-state index contributed by atoms with van der Waals surface area (Å²) in [7, 11) is 3.27. The molecule has 198 valence electrons. The molecule has 0 unspecified atom stereocenters. The highest BCUT2D eigenvalue weighted by molar-refractivity contribution is 5.97. The van der Waals surface area contributed by atoms with Gasteiger partial charge in [0.2, 0.25) is 5.88 Å². The number of aromatic nitrogens is 1. The van der Waals surface area contributed by atoms with E-state index in [4.69, 9.17) is 9.47 Å². The van der Waals surface area contributed by atoms with Crippen LogP contribution in [0.5, 0.6) is 11.6 Å². The number of methoxy groups -OCH3 is 1. The van der Waals surface area contributed by atoms with Crippen LogP contribution >= 0.6 is 0 Å². The zero-order valence-corrected chi connectivity index (χ0v) is 22.3. The first-order chi connectivity index (χ1) is 17.6. The molecule has 0 fully saturated rings. The summed E-state index contributed by atoms with van der Waals surface area (Å²) in [5, 5.41) is 12.7. The Labute approximate surface area is 218 Å². The second-order valence-electron chi connectivity index (χ2n) is 9.66. The highest BCUT2D eigenvalue weighted by Crippen LogP contribution is 2.27. The van der Waals surface area contributed by atoms with Gasteiger partial charge in [-0.15, -0.1) is 0 Å². The van der Waals surface area contributed by atoms with Gasteiger partial charge in [0, 0.05) is 42.9 Å². The maximum atomic E-state index is 13.5. The van der Waals surface area contributed by atoms with Gasteiger partial charge in [-0.25, -0.2) is 9.78 Å². The number of benzene rings is 1. The lowest BCUT2D eigenvalue weighted by molar-refractivity contribution is 0.0356. The van der Waals surface area contributed by atoms with Crippen LogP contribution in [-0.2, 0) is 0 Å². The molecule has 3 amide bonds. The number of anilines is 1. The molecule has 2 N–H and O–H groups in total. The standard InChI is InChI=1S/C28H36N4O5/c1-18(2)7-8-21-13-24-26(29-14-21)37-25(19(3)15-32(27(24)34)20(4)17-33)16-31(5)28(35)30-22-9-11-23(36-6)12-10-22/h9-14,18-20,25,33H,15-17H2,1-6H3,(H,30,35)/t19-,20+,25-/m0/s1. The van der Waals surface area contributed by atoms with Crippen LogP contribution in [0.3, 0.4) is 0 Å². The van der Waals surface area contributed by atoms with Crippen LogP contribution in [0.1, 0.15) is 43.6 Å². The number of fused-ring (bicyclic) bond motifs is 1. The number of rotatable bonds is 6. The third-order valence-electron chi connectivity index (χ3n) is 6.17. The van der Waals surface area contributed by atoms with Gasteiger partial charge in [0.25, 0.3) is 5.91 Å². The van der Waals surface area contributed by atoms with E-state index in [1.165, 1.54) is 4.90 Å². The van der Waals surface area contributed by atoms with Crippen LogP contribution in [0.4, 0.5) is 10.5 Å². The number of nitrogens with one attached hydrogen (secondary N) is 1. The lowest BCUT2D eigenvalue weighted by Crippen LogP contribution is -2.50. The summed E-state index contributed by atoms with van der Waals surface area (Å²) in [6.07, 6.45) is 1.14. The van der Waals surface area contributed by atoms with Crippen LogP contribution in [-0.4, -0.2) is 77.8 Å². The zero-order chi connectivity index (χ0) is 27.1. The van der Waals surface area contributed by atoms with Crippen LogP contribution in [0, 0.1) is 23.7 Å². The number of carbonyl (C=O) groups is 2. The molecule has 2 aromatic rings. The topological polar surface area (TPSA) is 104 Å². The molecule has 3 atom stereocenters. The summed E-state index contributed by atoms with van der Waals surface area (Å²) < 4.78 is 11.4. The normalized spacial score (nSPS) is 17.9. The van der Waals surface area contributed by atoms with Crippen LogP contribution in [0.2, 0.25) is 0 Å². The van der Waals surface area contributed by atoms with Crippen molar-refractivity contribution in [2.75, 3.05) is 39.2 Å². The Balaban J connectivity index is 1.85. The van der Waals surface area contributed by atoms with E-state index in [1.807, 2.05) is 20.8 Å². The minimum atomic E-state index is -0.452.